The Labute approximate surface area is 205 Å². The second-order valence-corrected chi connectivity index (χ2v) is 8.61. The van der Waals surface area contributed by atoms with E-state index in [0.29, 0.717) is 12.8 Å². The molecule has 2 aromatic carbocycles. The van der Waals surface area contributed by atoms with Gasteiger partial charge in [-0.25, -0.2) is 4.39 Å². The molecule has 1 aliphatic carbocycles. The van der Waals surface area contributed by atoms with Gasteiger partial charge in [-0.2, -0.15) is 28.1 Å². The molecule has 1 saturated carbocycles. The topological polar surface area (TPSA) is 91.8 Å². The van der Waals surface area contributed by atoms with Crippen LogP contribution in [0.3, 0.4) is 0 Å². The average Bonchev–Trinajstić information content (AvgIpc) is 2.87. The number of anilines is 2. The standard InChI is InChI=1S/C25H26F4N6O/c1-30-23-33-21(18-10-3-5-12-20(18)26)34-24(35-23)32-17-9-6-8-15(13-17)22(36)31-14-16-7-2-4-11-19(16)25(27,28)29/h2-5,7,10-12,15,17H,6,8-9,13-14H2,1H3,(H,31,36)(H2,30,32,33,34,35). The van der Waals surface area contributed by atoms with Crippen LogP contribution in [0.2, 0.25) is 0 Å². The van der Waals surface area contributed by atoms with Crippen LogP contribution in [0.15, 0.2) is 48.5 Å². The largest absolute Gasteiger partial charge is 0.416 e. The lowest BCUT2D eigenvalue weighted by Gasteiger charge is -2.29. The van der Waals surface area contributed by atoms with E-state index in [4.69, 9.17) is 0 Å². The Morgan fingerprint density at radius 2 is 1.72 bits per heavy atom. The van der Waals surface area contributed by atoms with E-state index < -0.39 is 17.6 Å². The van der Waals surface area contributed by atoms with Crippen LogP contribution in [0.1, 0.15) is 36.8 Å². The zero-order valence-electron chi connectivity index (χ0n) is 19.6. The van der Waals surface area contributed by atoms with Crippen molar-refractivity contribution < 1.29 is 22.4 Å². The molecule has 7 nitrogen and oxygen atoms in total. The molecule has 0 radical (unpaired) electrons. The fourth-order valence-electron chi connectivity index (χ4n) is 4.33. The van der Waals surface area contributed by atoms with Gasteiger partial charge in [0.2, 0.25) is 17.8 Å². The zero-order chi connectivity index (χ0) is 25.7. The second kappa shape index (κ2) is 10.9. The van der Waals surface area contributed by atoms with Crippen molar-refractivity contribution in [2.45, 2.75) is 44.4 Å². The molecule has 1 fully saturated rings. The highest BCUT2D eigenvalue weighted by Crippen LogP contribution is 2.32. The molecule has 0 aliphatic heterocycles. The second-order valence-electron chi connectivity index (χ2n) is 8.61. The third-order valence-corrected chi connectivity index (χ3v) is 6.13. The van der Waals surface area contributed by atoms with Gasteiger partial charge >= 0.3 is 6.18 Å². The minimum Gasteiger partial charge on any atom is -0.357 e. The van der Waals surface area contributed by atoms with Crippen molar-refractivity contribution in [3.63, 3.8) is 0 Å². The number of aromatic nitrogens is 3. The summed E-state index contributed by atoms with van der Waals surface area (Å²) in [5.74, 6) is -0.443. The Bertz CT molecular complexity index is 1220. The molecule has 1 aromatic heterocycles. The van der Waals surface area contributed by atoms with Crippen molar-refractivity contribution >= 4 is 17.8 Å². The average molecular weight is 503 g/mol. The number of rotatable bonds is 7. The van der Waals surface area contributed by atoms with Crippen LogP contribution in [0.25, 0.3) is 11.4 Å². The quantitative estimate of drug-likeness (QED) is 0.393. The van der Waals surface area contributed by atoms with Gasteiger partial charge < -0.3 is 16.0 Å². The summed E-state index contributed by atoms with van der Waals surface area (Å²) in [5.41, 5.74) is -0.497. The molecular formula is C25H26F4N6O. The van der Waals surface area contributed by atoms with Gasteiger partial charge in [-0.3, -0.25) is 4.79 Å². The zero-order valence-corrected chi connectivity index (χ0v) is 19.6. The van der Waals surface area contributed by atoms with E-state index in [-0.39, 0.29) is 53.3 Å². The molecule has 3 N–H and O–H groups in total. The molecule has 36 heavy (non-hydrogen) atoms. The lowest BCUT2D eigenvalue weighted by Crippen LogP contribution is -2.37. The number of nitrogens with zero attached hydrogens (tertiary/aromatic N) is 3. The molecule has 2 atom stereocenters. The van der Waals surface area contributed by atoms with Gasteiger partial charge in [-0.05, 0) is 43.0 Å². The summed E-state index contributed by atoms with van der Waals surface area (Å²) in [7, 11) is 1.64. The van der Waals surface area contributed by atoms with Crippen molar-refractivity contribution in [2.24, 2.45) is 5.92 Å². The fraction of sp³-hybridized carbons (Fsp3) is 0.360. The van der Waals surface area contributed by atoms with Gasteiger partial charge in [0.05, 0.1) is 11.1 Å². The third-order valence-electron chi connectivity index (χ3n) is 6.13. The van der Waals surface area contributed by atoms with Gasteiger partial charge in [0.25, 0.3) is 0 Å². The van der Waals surface area contributed by atoms with Crippen LogP contribution in [-0.2, 0) is 17.5 Å². The van der Waals surface area contributed by atoms with E-state index in [0.717, 1.165) is 18.9 Å². The predicted molar refractivity (Wildman–Crippen MR) is 127 cm³/mol. The number of alkyl halides is 3. The Hall–Kier alpha value is -3.76. The normalized spacial score (nSPS) is 17.9. The predicted octanol–water partition coefficient (Wildman–Crippen LogP) is 5.03. The molecular weight excluding hydrogens is 476 g/mol. The van der Waals surface area contributed by atoms with Gasteiger partial charge in [-0.1, -0.05) is 36.8 Å². The van der Waals surface area contributed by atoms with Gasteiger partial charge in [0, 0.05) is 25.6 Å². The number of halogens is 4. The van der Waals surface area contributed by atoms with Crippen molar-refractivity contribution in [3.8, 4) is 11.4 Å². The van der Waals surface area contributed by atoms with Crippen molar-refractivity contribution in [2.75, 3.05) is 17.7 Å². The summed E-state index contributed by atoms with van der Waals surface area (Å²) in [6, 6.07) is 11.2. The third kappa shape index (κ3) is 6.07. The van der Waals surface area contributed by atoms with Crippen LogP contribution in [0, 0.1) is 11.7 Å². The Balaban J connectivity index is 1.42. The van der Waals surface area contributed by atoms with Crippen LogP contribution in [0.4, 0.5) is 29.5 Å². The monoisotopic (exact) mass is 502 g/mol. The van der Waals surface area contributed by atoms with Crippen molar-refractivity contribution in [1.29, 1.82) is 0 Å². The number of amides is 1. The van der Waals surface area contributed by atoms with E-state index in [1.807, 2.05) is 0 Å². The molecule has 0 spiro atoms. The number of benzene rings is 2. The summed E-state index contributed by atoms with van der Waals surface area (Å²) in [4.78, 5) is 25.7. The summed E-state index contributed by atoms with van der Waals surface area (Å²) in [6.07, 6.45) is -1.89. The van der Waals surface area contributed by atoms with Crippen molar-refractivity contribution in [3.05, 3.63) is 65.5 Å². The molecule has 3 aromatic rings. The molecule has 1 heterocycles. The maximum atomic E-state index is 14.3. The molecule has 11 heteroatoms. The van der Waals surface area contributed by atoms with Crippen LogP contribution in [0.5, 0.6) is 0 Å². The maximum Gasteiger partial charge on any atom is 0.416 e. The number of hydrogen-bond acceptors (Lipinski definition) is 6. The van der Waals surface area contributed by atoms with Crippen LogP contribution < -0.4 is 16.0 Å². The molecule has 0 bridgehead atoms. The summed E-state index contributed by atoms with van der Waals surface area (Å²) in [6.45, 7) is -0.200. The highest BCUT2D eigenvalue weighted by Gasteiger charge is 2.33. The number of nitrogens with one attached hydrogen (secondary N) is 3. The SMILES string of the molecule is CNc1nc(NC2CCCC(C(=O)NCc3ccccc3C(F)(F)F)C2)nc(-c2ccccc2F)n1. The van der Waals surface area contributed by atoms with Crippen molar-refractivity contribution in [1.82, 2.24) is 20.3 Å². The van der Waals surface area contributed by atoms with E-state index >= 15 is 0 Å². The lowest BCUT2D eigenvalue weighted by molar-refractivity contribution is -0.138. The first-order valence-corrected chi connectivity index (χ1v) is 11.6. The molecule has 1 amide bonds. The summed E-state index contributed by atoms with van der Waals surface area (Å²) in [5, 5.41) is 8.72. The lowest BCUT2D eigenvalue weighted by atomic mass is 9.85. The summed E-state index contributed by atoms with van der Waals surface area (Å²) >= 11 is 0. The Morgan fingerprint density at radius 1 is 1.00 bits per heavy atom. The first-order valence-electron chi connectivity index (χ1n) is 11.6. The molecule has 190 valence electrons. The molecule has 2 unspecified atom stereocenters. The number of carbonyl (C=O) groups excluding carboxylic acids is 1. The Kier molecular flexibility index (Phi) is 7.66. The summed E-state index contributed by atoms with van der Waals surface area (Å²) < 4.78 is 54.0. The number of hydrogen-bond donors (Lipinski definition) is 3. The van der Waals surface area contributed by atoms with Gasteiger partial charge in [0.1, 0.15) is 5.82 Å². The highest BCUT2D eigenvalue weighted by atomic mass is 19.4. The maximum absolute atomic E-state index is 14.3. The van der Waals surface area contributed by atoms with E-state index in [1.165, 1.54) is 24.3 Å². The highest BCUT2D eigenvalue weighted by molar-refractivity contribution is 5.78. The minimum absolute atomic E-state index is 0.0225. The molecule has 1 aliphatic rings. The Morgan fingerprint density at radius 3 is 2.47 bits per heavy atom. The van der Waals surface area contributed by atoms with Crippen LogP contribution in [-0.4, -0.2) is 33.9 Å². The number of carbonyl (C=O) groups is 1. The van der Waals surface area contributed by atoms with Gasteiger partial charge in [0.15, 0.2) is 5.82 Å². The fourth-order valence-corrected chi connectivity index (χ4v) is 4.33. The van der Waals surface area contributed by atoms with Crippen LogP contribution >= 0.6 is 0 Å². The van der Waals surface area contributed by atoms with Gasteiger partial charge in [-0.15, -0.1) is 0 Å². The smallest absolute Gasteiger partial charge is 0.357 e. The van der Waals surface area contributed by atoms with E-state index in [9.17, 15) is 22.4 Å². The molecule has 4 rings (SSSR count). The van der Waals surface area contributed by atoms with E-state index in [2.05, 4.69) is 30.9 Å². The first-order chi connectivity index (χ1) is 17.2. The minimum atomic E-state index is -4.49. The molecule has 0 saturated heterocycles. The van der Waals surface area contributed by atoms with E-state index in [1.54, 1.807) is 25.2 Å². The first kappa shape index (κ1) is 25.3.